The van der Waals surface area contributed by atoms with Crippen LogP contribution in [0, 0.1) is 5.41 Å². The van der Waals surface area contributed by atoms with Crippen molar-refractivity contribution in [3.05, 3.63) is 84.2 Å². The lowest BCUT2D eigenvalue weighted by atomic mass is 9.80. The quantitative estimate of drug-likeness (QED) is 0.461. The van der Waals surface area contributed by atoms with Gasteiger partial charge in [-0.2, -0.15) is 0 Å². The highest BCUT2D eigenvalue weighted by atomic mass is 16.5. The van der Waals surface area contributed by atoms with E-state index in [-0.39, 0.29) is 18.1 Å². The topological polar surface area (TPSA) is 78.8 Å². The zero-order valence-corrected chi connectivity index (χ0v) is 20.5. The van der Waals surface area contributed by atoms with Crippen molar-refractivity contribution in [3.63, 3.8) is 0 Å². The first-order chi connectivity index (χ1) is 17.0. The molecular weight excluding hydrogens is 440 g/mol. The van der Waals surface area contributed by atoms with Gasteiger partial charge >= 0.3 is 5.97 Å². The van der Waals surface area contributed by atoms with E-state index in [1.807, 2.05) is 6.07 Å². The normalized spacial score (nSPS) is 21.7. The minimum absolute atomic E-state index is 0.0333. The number of carbonyl (C=O) groups is 1. The molecule has 0 saturated carbocycles. The number of benzene rings is 1. The van der Waals surface area contributed by atoms with Crippen molar-refractivity contribution in [3.8, 4) is 0 Å². The van der Waals surface area contributed by atoms with Gasteiger partial charge in [-0.3, -0.25) is 4.90 Å². The van der Waals surface area contributed by atoms with Gasteiger partial charge in [-0.25, -0.2) is 14.8 Å². The Labute approximate surface area is 207 Å². The number of piperazine rings is 1. The minimum Gasteiger partial charge on any atom is -0.462 e. The van der Waals surface area contributed by atoms with Crippen molar-refractivity contribution in [1.82, 2.24) is 14.9 Å². The molecule has 1 aromatic carbocycles. The molecule has 2 unspecified atom stereocenters. The summed E-state index contributed by atoms with van der Waals surface area (Å²) in [5, 5.41) is 10.1. The molecular formula is C28H34N4O3. The molecule has 0 spiro atoms. The van der Waals surface area contributed by atoms with Gasteiger partial charge in [0.15, 0.2) is 0 Å². The summed E-state index contributed by atoms with van der Waals surface area (Å²) in [7, 11) is 0. The van der Waals surface area contributed by atoms with Crippen molar-refractivity contribution < 1.29 is 14.6 Å². The summed E-state index contributed by atoms with van der Waals surface area (Å²) in [5.41, 5.74) is 2.78. The maximum Gasteiger partial charge on any atom is 0.341 e. The summed E-state index contributed by atoms with van der Waals surface area (Å²) in [4.78, 5) is 24.9. The van der Waals surface area contributed by atoms with Crippen molar-refractivity contribution in [2.75, 3.05) is 44.3 Å². The number of anilines is 1. The van der Waals surface area contributed by atoms with Gasteiger partial charge in [-0.15, -0.1) is 0 Å². The van der Waals surface area contributed by atoms with Crippen LogP contribution in [0.3, 0.4) is 0 Å². The SMILES string of the molecule is CCOC(=O)c1cnc(N2CCN(C(/C=C/C3(C)C=CC(c4ccccc4)=CC3)CO)CC2)nc1. The average Bonchev–Trinajstić information content (AvgIpc) is 2.90. The van der Waals surface area contributed by atoms with E-state index >= 15 is 0 Å². The summed E-state index contributed by atoms with van der Waals surface area (Å²) in [6, 6.07) is 10.4. The number of rotatable bonds is 8. The Morgan fingerprint density at radius 2 is 1.89 bits per heavy atom. The summed E-state index contributed by atoms with van der Waals surface area (Å²) in [5.74, 6) is 0.199. The van der Waals surface area contributed by atoms with Crippen LogP contribution in [-0.4, -0.2) is 71.4 Å². The monoisotopic (exact) mass is 474 g/mol. The third-order valence-corrected chi connectivity index (χ3v) is 6.61. The Hall–Kier alpha value is -3.29. The van der Waals surface area contributed by atoms with Crippen LogP contribution in [0.1, 0.15) is 36.2 Å². The van der Waals surface area contributed by atoms with Crippen LogP contribution in [0.4, 0.5) is 5.95 Å². The standard InChI is InChI=1S/C28H34N4O3/c1-3-35-26(34)24-19-29-27(30-20-24)32-17-15-31(16-18-32)25(21-33)11-14-28(2)12-9-23(10-13-28)22-7-5-4-6-8-22/h4-12,14,19-20,25,33H,3,13,15-18,21H2,1-2H3/b14-11+. The van der Waals surface area contributed by atoms with Crippen molar-refractivity contribution in [1.29, 1.82) is 0 Å². The average molecular weight is 475 g/mol. The maximum absolute atomic E-state index is 11.8. The lowest BCUT2D eigenvalue weighted by Crippen LogP contribution is -2.51. The van der Waals surface area contributed by atoms with E-state index in [1.165, 1.54) is 23.5 Å². The molecule has 0 bridgehead atoms. The number of nitrogens with zero attached hydrogens (tertiary/aromatic N) is 4. The molecule has 35 heavy (non-hydrogen) atoms. The molecule has 7 nitrogen and oxygen atoms in total. The molecule has 1 N–H and O–H groups in total. The fraction of sp³-hybridized carbons (Fsp3) is 0.393. The van der Waals surface area contributed by atoms with E-state index in [0.29, 0.717) is 18.1 Å². The van der Waals surface area contributed by atoms with Gasteiger partial charge in [0.1, 0.15) is 0 Å². The van der Waals surface area contributed by atoms with Gasteiger partial charge in [-0.1, -0.05) is 67.6 Å². The molecule has 1 fully saturated rings. The molecule has 2 aliphatic rings. The number of aromatic nitrogens is 2. The molecule has 2 atom stereocenters. The summed E-state index contributed by atoms with van der Waals surface area (Å²) >= 11 is 0. The first kappa shape index (κ1) is 24.8. The van der Waals surface area contributed by atoms with Crippen molar-refractivity contribution >= 4 is 17.5 Å². The van der Waals surface area contributed by atoms with Crippen LogP contribution >= 0.6 is 0 Å². The Morgan fingerprint density at radius 1 is 1.17 bits per heavy atom. The lowest BCUT2D eigenvalue weighted by Gasteiger charge is -2.38. The number of esters is 1. The molecule has 0 amide bonds. The van der Waals surface area contributed by atoms with Crippen LogP contribution in [0.25, 0.3) is 5.57 Å². The number of ether oxygens (including phenoxy) is 1. The van der Waals surface area contributed by atoms with E-state index < -0.39 is 5.97 Å². The smallest absolute Gasteiger partial charge is 0.341 e. The van der Waals surface area contributed by atoms with E-state index in [4.69, 9.17) is 4.74 Å². The second kappa shape index (κ2) is 11.4. The van der Waals surface area contributed by atoms with E-state index in [0.717, 1.165) is 32.6 Å². The molecule has 2 heterocycles. The Kier molecular flexibility index (Phi) is 8.10. The highest BCUT2D eigenvalue weighted by molar-refractivity contribution is 5.88. The molecule has 4 rings (SSSR count). The number of allylic oxidation sites excluding steroid dienone is 5. The summed E-state index contributed by atoms with van der Waals surface area (Å²) < 4.78 is 4.99. The number of aliphatic hydroxyl groups is 1. The first-order valence-corrected chi connectivity index (χ1v) is 12.2. The predicted molar refractivity (Wildman–Crippen MR) is 138 cm³/mol. The van der Waals surface area contributed by atoms with Crippen LogP contribution in [0.15, 0.2) is 73.1 Å². The summed E-state index contributed by atoms with van der Waals surface area (Å²) in [6.45, 7) is 7.49. The molecule has 1 aliphatic heterocycles. The van der Waals surface area contributed by atoms with Crippen LogP contribution < -0.4 is 4.90 Å². The van der Waals surface area contributed by atoms with Gasteiger partial charge in [0.25, 0.3) is 0 Å². The Bertz CT molecular complexity index is 1070. The second-order valence-corrected chi connectivity index (χ2v) is 9.19. The third-order valence-electron chi connectivity index (χ3n) is 6.61. The van der Waals surface area contributed by atoms with Gasteiger partial charge in [0, 0.05) is 44.0 Å². The second-order valence-electron chi connectivity index (χ2n) is 9.19. The fourth-order valence-corrected chi connectivity index (χ4v) is 4.40. The van der Waals surface area contributed by atoms with Crippen LogP contribution in [-0.2, 0) is 4.74 Å². The lowest BCUT2D eigenvalue weighted by molar-refractivity contribution is 0.0525. The zero-order valence-electron chi connectivity index (χ0n) is 20.5. The zero-order chi connectivity index (χ0) is 24.7. The highest BCUT2D eigenvalue weighted by Gasteiger charge is 2.25. The molecule has 1 aliphatic carbocycles. The maximum atomic E-state index is 11.8. The first-order valence-electron chi connectivity index (χ1n) is 12.2. The number of aliphatic hydroxyl groups excluding tert-OH is 1. The van der Waals surface area contributed by atoms with Gasteiger partial charge in [0.05, 0.1) is 24.8 Å². The van der Waals surface area contributed by atoms with E-state index in [2.05, 4.69) is 81.3 Å². The predicted octanol–water partition coefficient (Wildman–Crippen LogP) is 3.74. The minimum atomic E-state index is -0.408. The molecule has 184 valence electrons. The highest BCUT2D eigenvalue weighted by Crippen LogP contribution is 2.34. The van der Waals surface area contributed by atoms with Crippen LogP contribution in [0.2, 0.25) is 0 Å². The largest absolute Gasteiger partial charge is 0.462 e. The van der Waals surface area contributed by atoms with Gasteiger partial charge in [-0.05, 0) is 24.5 Å². The molecule has 0 radical (unpaired) electrons. The Morgan fingerprint density at radius 3 is 2.49 bits per heavy atom. The molecule has 2 aromatic rings. The number of hydrogen-bond donors (Lipinski definition) is 1. The van der Waals surface area contributed by atoms with Crippen molar-refractivity contribution in [2.24, 2.45) is 5.41 Å². The summed E-state index contributed by atoms with van der Waals surface area (Å²) in [6.07, 6.45) is 15.1. The van der Waals surface area contributed by atoms with Gasteiger partial charge < -0.3 is 14.7 Å². The fourth-order valence-electron chi connectivity index (χ4n) is 4.40. The molecule has 1 aromatic heterocycles. The van der Waals surface area contributed by atoms with E-state index in [9.17, 15) is 9.90 Å². The molecule has 7 heteroatoms. The van der Waals surface area contributed by atoms with Crippen LogP contribution in [0.5, 0.6) is 0 Å². The third kappa shape index (κ3) is 6.24. The molecule has 1 saturated heterocycles. The van der Waals surface area contributed by atoms with E-state index in [1.54, 1.807) is 6.92 Å². The van der Waals surface area contributed by atoms with Gasteiger partial charge in [0.2, 0.25) is 5.95 Å². The number of carbonyl (C=O) groups excluding carboxylic acids is 1. The Balaban J connectivity index is 1.31. The van der Waals surface area contributed by atoms with Crippen molar-refractivity contribution in [2.45, 2.75) is 26.3 Å². The number of hydrogen-bond acceptors (Lipinski definition) is 7.